The van der Waals surface area contributed by atoms with Gasteiger partial charge in [0.2, 0.25) is 0 Å². The minimum Gasteiger partial charge on any atom is -0.343 e. The van der Waals surface area contributed by atoms with Crippen molar-refractivity contribution in [3.05, 3.63) is 65.6 Å². The molecule has 0 aliphatic carbocycles. The van der Waals surface area contributed by atoms with Crippen LogP contribution < -0.4 is 5.73 Å². The summed E-state index contributed by atoms with van der Waals surface area (Å²) >= 11 is 0. The molecule has 3 rings (SSSR count). The number of nitrogens with zero attached hydrogens (tertiary/aromatic N) is 2. The number of aryl methyl sites for hydroxylation is 1. The topological polar surface area (TPSA) is 43.8 Å². The van der Waals surface area contributed by atoms with Crippen LogP contribution >= 0.6 is 0 Å². The SMILES string of the molecule is CCc1cccc2ccn(Cc3cccnc3CN)c12. The number of benzene rings is 1. The molecule has 0 saturated carbocycles. The van der Waals surface area contributed by atoms with E-state index < -0.39 is 0 Å². The fourth-order valence-electron chi connectivity index (χ4n) is 2.74. The summed E-state index contributed by atoms with van der Waals surface area (Å²) in [5.41, 5.74) is 10.6. The maximum absolute atomic E-state index is 5.78. The maximum atomic E-state index is 5.78. The number of aromatic nitrogens is 2. The van der Waals surface area contributed by atoms with Gasteiger partial charge in [0.15, 0.2) is 0 Å². The maximum Gasteiger partial charge on any atom is 0.0589 e. The van der Waals surface area contributed by atoms with Crippen LogP contribution in [0.4, 0.5) is 0 Å². The Morgan fingerprint density at radius 2 is 1.95 bits per heavy atom. The molecule has 0 radical (unpaired) electrons. The zero-order chi connectivity index (χ0) is 13.9. The first-order valence-corrected chi connectivity index (χ1v) is 7.03. The Kier molecular flexibility index (Phi) is 3.52. The summed E-state index contributed by atoms with van der Waals surface area (Å²) in [6, 6.07) is 12.7. The first kappa shape index (κ1) is 12.9. The number of fused-ring (bicyclic) bond motifs is 1. The van der Waals surface area contributed by atoms with E-state index in [9.17, 15) is 0 Å². The number of para-hydroxylation sites is 1. The van der Waals surface area contributed by atoms with Gasteiger partial charge in [0.1, 0.15) is 0 Å². The summed E-state index contributed by atoms with van der Waals surface area (Å²) in [7, 11) is 0. The molecule has 3 nitrogen and oxygen atoms in total. The fourth-order valence-corrected chi connectivity index (χ4v) is 2.74. The summed E-state index contributed by atoms with van der Waals surface area (Å²) in [4.78, 5) is 4.36. The normalized spacial score (nSPS) is 11.1. The Balaban J connectivity index is 2.07. The number of hydrogen-bond acceptors (Lipinski definition) is 2. The Hall–Kier alpha value is -2.13. The van der Waals surface area contributed by atoms with Gasteiger partial charge in [-0.05, 0) is 35.1 Å². The van der Waals surface area contributed by atoms with Gasteiger partial charge in [-0.25, -0.2) is 0 Å². The van der Waals surface area contributed by atoms with Crippen molar-refractivity contribution in [2.75, 3.05) is 0 Å². The van der Waals surface area contributed by atoms with E-state index in [0.29, 0.717) is 6.54 Å². The van der Waals surface area contributed by atoms with Crippen molar-refractivity contribution in [2.24, 2.45) is 5.73 Å². The molecular formula is C17H19N3. The molecule has 0 saturated heterocycles. The van der Waals surface area contributed by atoms with E-state index >= 15 is 0 Å². The van der Waals surface area contributed by atoms with Crippen LogP contribution in [0.15, 0.2) is 48.8 Å². The van der Waals surface area contributed by atoms with Crippen LogP contribution in [-0.2, 0) is 19.5 Å². The average molecular weight is 265 g/mol. The molecule has 20 heavy (non-hydrogen) atoms. The first-order chi connectivity index (χ1) is 9.83. The second-order valence-corrected chi connectivity index (χ2v) is 4.97. The van der Waals surface area contributed by atoms with E-state index in [0.717, 1.165) is 18.7 Å². The lowest BCUT2D eigenvalue weighted by Gasteiger charge is -2.11. The van der Waals surface area contributed by atoms with Gasteiger partial charge in [0.25, 0.3) is 0 Å². The third-order valence-electron chi connectivity index (χ3n) is 3.77. The molecule has 3 heteroatoms. The van der Waals surface area contributed by atoms with Gasteiger partial charge >= 0.3 is 0 Å². The van der Waals surface area contributed by atoms with Gasteiger partial charge in [0, 0.05) is 25.5 Å². The second kappa shape index (κ2) is 5.47. The molecule has 1 aromatic carbocycles. The molecule has 102 valence electrons. The summed E-state index contributed by atoms with van der Waals surface area (Å²) < 4.78 is 2.30. The lowest BCUT2D eigenvalue weighted by molar-refractivity contribution is 0.801. The van der Waals surface area contributed by atoms with E-state index in [1.807, 2.05) is 6.07 Å². The predicted molar refractivity (Wildman–Crippen MR) is 82.5 cm³/mol. The van der Waals surface area contributed by atoms with Crippen molar-refractivity contribution < 1.29 is 0 Å². The molecule has 2 heterocycles. The molecule has 0 aliphatic heterocycles. The lowest BCUT2D eigenvalue weighted by atomic mass is 10.1. The largest absolute Gasteiger partial charge is 0.343 e. The van der Waals surface area contributed by atoms with Crippen molar-refractivity contribution in [3.8, 4) is 0 Å². The third kappa shape index (κ3) is 2.21. The summed E-state index contributed by atoms with van der Waals surface area (Å²) in [6.45, 7) is 3.50. The molecule has 0 atom stereocenters. The highest BCUT2D eigenvalue weighted by Gasteiger charge is 2.08. The number of pyridine rings is 1. The minimum absolute atomic E-state index is 0.482. The van der Waals surface area contributed by atoms with Gasteiger partial charge in [-0.1, -0.05) is 31.2 Å². The van der Waals surface area contributed by atoms with Crippen LogP contribution in [0, 0.1) is 0 Å². The summed E-state index contributed by atoms with van der Waals surface area (Å²) in [5, 5.41) is 1.29. The lowest BCUT2D eigenvalue weighted by Crippen LogP contribution is -2.08. The predicted octanol–water partition coefficient (Wildman–Crippen LogP) is 3.11. The van der Waals surface area contributed by atoms with Crippen LogP contribution in [0.3, 0.4) is 0 Å². The number of hydrogen-bond donors (Lipinski definition) is 1. The molecule has 0 bridgehead atoms. The van der Waals surface area contributed by atoms with E-state index in [4.69, 9.17) is 5.73 Å². The smallest absolute Gasteiger partial charge is 0.0589 e. The highest BCUT2D eigenvalue weighted by Crippen LogP contribution is 2.22. The molecule has 2 aromatic heterocycles. The molecule has 0 spiro atoms. The van der Waals surface area contributed by atoms with Gasteiger partial charge in [-0.3, -0.25) is 4.98 Å². The Bertz CT molecular complexity index is 728. The highest BCUT2D eigenvalue weighted by molar-refractivity contribution is 5.83. The standard InChI is InChI=1S/C17H19N3/c1-2-13-5-3-6-14-8-10-20(17(13)14)12-15-7-4-9-19-16(15)11-18/h3-10H,2,11-12,18H2,1H3. The monoisotopic (exact) mass is 265 g/mol. The minimum atomic E-state index is 0.482. The summed E-state index contributed by atoms with van der Waals surface area (Å²) in [6.07, 6.45) is 4.99. The molecule has 0 unspecified atom stereocenters. The van der Waals surface area contributed by atoms with E-state index in [1.165, 1.54) is 22.0 Å². The molecule has 2 N–H and O–H groups in total. The number of nitrogens with two attached hydrogens (primary N) is 1. The highest BCUT2D eigenvalue weighted by atomic mass is 15.0. The van der Waals surface area contributed by atoms with Crippen molar-refractivity contribution in [1.29, 1.82) is 0 Å². The van der Waals surface area contributed by atoms with Crippen molar-refractivity contribution in [2.45, 2.75) is 26.4 Å². The van der Waals surface area contributed by atoms with Gasteiger partial charge in [0.05, 0.1) is 11.2 Å². The average Bonchev–Trinajstić information content (AvgIpc) is 2.91. The second-order valence-electron chi connectivity index (χ2n) is 4.97. The van der Waals surface area contributed by atoms with Crippen LogP contribution in [0.5, 0.6) is 0 Å². The molecular weight excluding hydrogens is 246 g/mol. The number of rotatable bonds is 4. The van der Waals surface area contributed by atoms with E-state index in [1.54, 1.807) is 6.20 Å². The van der Waals surface area contributed by atoms with Crippen molar-refractivity contribution >= 4 is 10.9 Å². The van der Waals surface area contributed by atoms with Crippen LogP contribution in [0.25, 0.3) is 10.9 Å². The van der Waals surface area contributed by atoms with E-state index in [-0.39, 0.29) is 0 Å². The van der Waals surface area contributed by atoms with Crippen LogP contribution in [-0.4, -0.2) is 9.55 Å². The fraction of sp³-hybridized carbons (Fsp3) is 0.235. The zero-order valence-corrected chi connectivity index (χ0v) is 11.7. The van der Waals surface area contributed by atoms with Gasteiger partial charge in [-0.15, -0.1) is 0 Å². The Labute approximate surface area is 119 Å². The van der Waals surface area contributed by atoms with E-state index in [2.05, 4.69) is 53.0 Å². The Morgan fingerprint density at radius 3 is 2.75 bits per heavy atom. The first-order valence-electron chi connectivity index (χ1n) is 7.03. The van der Waals surface area contributed by atoms with Crippen LogP contribution in [0.1, 0.15) is 23.7 Å². The van der Waals surface area contributed by atoms with Gasteiger partial charge in [-0.2, -0.15) is 0 Å². The van der Waals surface area contributed by atoms with Crippen molar-refractivity contribution in [1.82, 2.24) is 9.55 Å². The third-order valence-corrected chi connectivity index (χ3v) is 3.77. The Morgan fingerprint density at radius 1 is 1.10 bits per heavy atom. The van der Waals surface area contributed by atoms with Gasteiger partial charge < -0.3 is 10.3 Å². The molecule has 0 fully saturated rings. The quantitative estimate of drug-likeness (QED) is 0.787. The zero-order valence-electron chi connectivity index (χ0n) is 11.7. The molecule has 3 aromatic rings. The molecule has 0 aliphatic rings. The van der Waals surface area contributed by atoms with Crippen molar-refractivity contribution in [3.63, 3.8) is 0 Å². The summed E-state index contributed by atoms with van der Waals surface area (Å²) in [5.74, 6) is 0. The van der Waals surface area contributed by atoms with Crippen LogP contribution in [0.2, 0.25) is 0 Å². The molecule has 0 amide bonds.